The Morgan fingerprint density at radius 1 is 1.17 bits per heavy atom. The van der Waals surface area contributed by atoms with Crippen LogP contribution < -0.4 is 11.1 Å². The van der Waals surface area contributed by atoms with E-state index in [1.165, 1.54) is 10.9 Å². The van der Waals surface area contributed by atoms with Crippen molar-refractivity contribution >= 4 is 28.4 Å². The third kappa shape index (κ3) is 2.08. The van der Waals surface area contributed by atoms with Crippen molar-refractivity contribution in [2.45, 2.75) is 26.2 Å². The summed E-state index contributed by atoms with van der Waals surface area (Å²) < 4.78 is 0. The molecule has 0 fully saturated rings. The number of amides is 1. The zero-order chi connectivity index (χ0) is 16.1. The molecule has 1 atom stereocenters. The predicted octanol–water partition coefficient (Wildman–Crippen LogP) is 3.24. The Bertz CT molecular complexity index is 942. The van der Waals surface area contributed by atoms with Crippen LogP contribution in [0, 0.1) is 13.8 Å². The van der Waals surface area contributed by atoms with E-state index in [0.29, 0.717) is 18.1 Å². The van der Waals surface area contributed by atoms with Crippen molar-refractivity contribution in [3.05, 3.63) is 52.7 Å². The van der Waals surface area contributed by atoms with Gasteiger partial charge < -0.3 is 16.0 Å². The van der Waals surface area contributed by atoms with E-state index in [9.17, 15) is 4.79 Å². The number of rotatable bonds is 1. The number of anilines is 2. The van der Waals surface area contributed by atoms with Crippen molar-refractivity contribution in [1.29, 1.82) is 0 Å². The highest BCUT2D eigenvalue weighted by atomic mass is 16.1. The smallest absolute Gasteiger partial charge is 0.226 e. The molecule has 0 saturated carbocycles. The van der Waals surface area contributed by atoms with Crippen LogP contribution in [0.3, 0.4) is 0 Å². The number of fused-ring (bicyclic) bond motifs is 2. The number of hydrogen-bond acceptors (Lipinski definition) is 3. The molecule has 4 rings (SSSR count). The fourth-order valence-corrected chi connectivity index (χ4v) is 3.42. The standard InChI is InChI=1S/C18H18N4O/c1-9-10(2)20-17-11(9)4-3-5-12(17)14-8-16(23)22-18-13(14)6-7-15(19)21-18/h3-7,14,20H,8H2,1-2H3,(H3,19,21,22,23)/t14-/m0/s1. The fourth-order valence-electron chi connectivity index (χ4n) is 3.42. The molecule has 3 heterocycles. The summed E-state index contributed by atoms with van der Waals surface area (Å²) in [6.07, 6.45) is 0.412. The zero-order valence-electron chi connectivity index (χ0n) is 13.1. The Balaban J connectivity index is 1.95. The first-order chi connectivity index (χ1) is 11.0. The predicted molar refractivity (Wildman–Crippen MR) is 91.5 cm³/mol. The second-order valence-corrected chi connectivity index (χ2v) is 6.12. The first-order valence-electron chi connectivity index (χ1n) is 7.68. The molecule has 1 aromatic carbocycles. The van der Waals surface area contributed by atoms with E-state index in [1.807, 2.05) is 6.07 Å². The van der Waals surface area contributed by atoms with Gasteiger partial charge in [0.25, 0.3) is 0 Å². The minimum Gasteiger partial charge on any atom is -0.384 e. The lowest BCUT2D eigenvalue weighted by Gasteiger charge is -2.25. The van der Waals surface area contributed by atoms with Crippen LogP contribution in [0.5, 0.6) is 0 Å². The third-order valence-corrected chi connectivity index (χ3v) is 4.72. The van der Waals surface area contributed by atoms with Crippen LogP contribution in [-0.4, -0.2) is 15.9 Å². The molecule has 0 aliphatic carbocycles. The molecule has 1 aliphatic heterocycles. The molecule has 116 valence electrons. The quantitative estimate of drug-likeness (QED) is 0.645. The summed E-state index contributed by atoms with van der Waals surface area (Å²) in [5, 5.41) is 4.03. The maximum atomic E-state index is 12.1. The van der Waals surface area contributed by atoms with Gasteiger partial charge in [-0.1, -0.05) is 24.3 Å². The molecule has 0 unspecified atom stereocenters. The van der Waals surface area contributed by atoms with Crippen molar-refractivity contribution in [3.63, 3.8) is 0 Å². The number of nitrogen functional groups attached to an aromatic ring is 1. The zero-order valence-corrected chi connectivity index (χ0v) is 13.1. The third-order valence-electron chi connectivity index (χ3n) is 4.72. The van der Waals surface area contributed by atoms with Crippen LogP contribution in [0.15, 0.2) is 30.3 Å². The maximum absolute atomic E-state index is 12.1. The Labute approximate surface area is 133 Å². The van der Waals surface area contributed by atoms with Gasteiger partial charge in [-0.2, -0.15) is 0 Å². The highest BCUT2D eigenvalue weighted by molar-refractivity contribution is 5.96. The number of hydrogen-bond donors (Lipinski definition) is 3. The van der Waals surface area contributed by atoms with Crippen LogP contribution in [0.1, 0.15) is 34.7 Å². The highest BCUT2D eigenvalue weighted by Crippen LogP contribution is 2.39. The number of nitrogens with zero attached hydrogens (tertiary/aromatic N) is 1. The minimum atomic E-state index is -0.0300. The van der Waals surface area contributed by atoms with Crippen molar-refractivity contribution in [1.82, 2.24) is 9.97 Å². The van der Waals surface area contributed by atoms with Gasteiger partial charge in [-0.05, 0) is 31.0 Å². The number of carbonyl (C=O) groups is 1. The maximum Gasteiger partial charge on any atom is 0.226 e. The molecule has 2 aromatic heterocycles. The molecular weight excluding hydrogens is 288 g/mol. The molecule has 0 saturated heterocycles. The number of nitrogens with one attached hydrogen (secondary N) is 2. The van der Waals surface area contributed by atoms with Gasteiger partial charge in [0.05, 0.1) is 0 Å². The number of nitrogens with two attached hydrogens (primary N) is 1. The number of carbonyl (C=O) groups excluding carboxylic acids is 1. The Morgan fingerprint density at radius 3 is 2.83 bits per heavy atom. The second kappa shape index (κ2) is 4.84. The van der Waals surface area contributed by atoms with Gasteiger partial charge in [0.2, 0.25) is 5.91 Å². The van der Waals surface area contributed by atoms with Crippen LogP contribution in [0.2, 0.25) is 0 Å². The molecule has 23 heavy (non-hydrogen) atoms. The number of para-hydroxylation sites is 1. The number of H-pyrrole nitrogens is 1. The van der Waals surface area contributed by atoms with Gasteiger partial charge in [0.15, 0.2) is 0 Å². The van der Waals surface area contributed by atoms with E-state index < -0.39 is 0 Å². The lowest BCUT2D eigenvalue weighted by Crippen LogP contribution is -2.24. The Morgan fingerprint density at radius 2 is 2.00 bits per heavy atom. The van der Waals surface area contributed by atoms with Gasteiger partial charge in [0.1, 0.15) is 11.6 Å². The highest BCUT2D eigenvalue weighted by Gasteiger charge is 2.29. The van der Waals surface area contributed by atoms with Crippen LogP contribution in [-0.2, 0) is 4.79 Å². The van der Waals surface area contributed by atoms with Crippen molar-refractivity contribution < 1.29 is 4.79 Å². The van der Waals surface area contributed by atoms with Crippen LogP contribution >= 0.6 is 0 Å². The van der Waals surface area contributed by atoms with Gasteiger partial charge >= 0.3 is 0 Å². The number of aryl methyl sites for hydroxylation is 2. The molecule has 5 heteroatoms. The summed E-state index contributed by atoms with van der Waals surface area (Å²) in [7, 11) is 0. The average molecular weight is 306 g/mol. The summed E-state index contributed by atoms with van der Waals surface area (Å²) >= 11 is 0. The van der Waals surface area contributed by atoms with E-state index in [0.717, 1.165) is 22.3 Å². The topological polar surface area (TPSA) is 83.8 Å². The Kier molecular flexibility index (Phi) is 2.91. The molecule has 1 amide bonds. The summed E-state index contributed by atoms with van der Waals surface area (Å²) in [5.74, 6) is 0.934. The van der Waals surface area contributed by atoms with E-state index in [-0.39, 0.29) is 11.8 Å². The van der Waals surface area contributed by atoms with E-state index in [4.69, 9.17) is 5.73 Å². The number of benzene rings is 1. The molecular formula is C18H18N4O. The lowest BCUT2D eigenvalue weighted by atomic mass is 9.85. The van der Waals surface area contributed by atoms with Crippen molar-refractivity contribution in [3.8, 4) is 0 Å². The normalized spacial score (nSPS) is 17.1. The van der Waals surface area contributed by atoms with Gasteiger partial charge in [-0.15, -0.1) is 0 Å². The molecule has 5 nitrogen and oxygen atoms in total. The molecule has 3 aromatic rings. The SMILES string of the molecule is Cc1[nH]c2c([C@@H]3CC(=O)Nc4nc(N)ccc43)cccc2c1C. The molecule has 0 bridgehead atoms. The number of aromatic nitrogens is 2. The molecule has 0 radical (unpaired) electrons. The van der Waals surface area contributed by atoms with Gasteiger partial charge in [-0.3, -0.25) is 4.79 Å². The van der Waals surface area contributed by atoms with Gasteiger partial charge in [-0.25, -0.2) is 4.98 Å². The number of aromatic amines is 1. The Hall–Kier alpha value is -2.82. The summed E-state index contributed by atoms with van der Waals surface area (Å²) in [6.45, 7) is 4.19. The monoisotopic (exact) mass is 306 g/mol. The fraction of sp³-hybridized carbons (Fsp3) is 0.222. The first kappa shape index (κ1) is 13.8. The number of pyridine rings is 1. The summed E-state index contributed by atoms with van der Waals surface area (Å²) in [6, 6.07) is 10.00. The van der Waals surface area contributed by atoms with E-state index >= 15 is 0 Å². The van der Waals surface area contributed by atoms with Gasteiger partial charge in [0, 0.05) is 34.5 Å². The van der Waals surface area contributed by atoms with Crippen molar-refractivity contribution in [2.75, 3.05) is 11.1 Å². The van der Waals surface area contributed by atoms with Crippen molar-refractivity contribution in [2.24, 2.45) is 0 Å². The summed E-state index contributed by atoms with van der Waals surface area (Å²) in [5.41, 5.74) is 11.4. The molecule has 0 spiro atoms. The van der Waals surface area contributed by atoms with Crippen LogP contribution in [0.25, 0.3) is 10.9 Å². The second-order valence-electron chi connectivity index (χ2n) is 6.12. The van der Waals surface area contributed by atoms with E-state index in [1.54, 1.807) is 6.07 Å². The summed E-state index contributed by atoms with van der Waals surface area (Å²) in [4.78, 5) is 19.9. The lowest BCUT2D eigenvalue weighted by molar-refractivity contribution is -0.116. The minimum absolute atomic E-state index is 0.0204. The average Bonchev–Trinajstić information content (AvgIpc) is 2.81. The largest absolute Gasteiger partial charge is 0.384 e. The first-order valence-corrected chi connectivity index (χ1v) is 7.68. The van der Waals surface area contributed by atoms with E-state index in [2.05, 4.69) is 47.3 Å². The molecule has 1 aliphatic rings. The van der Waals surface area contributed by atoms with Crippen LogP contribution in [0.4, 0.5) is 11.6 Å². The molecule has 4 N–H and O–H groups in total.